The molecule has 7 nitrogen and oxygen atoms in total. The third-order valence-corrected chi connectivity index (χ3v) is 7.61. The van der Waals surface area contributed by atoms with Gasteiger partial charge in [-0.15, -0.1) is 11.3 Å². The summed E-state index contributed by atoms with van der Waals surface area (Å²) in [5.41, 5.74) is 0. The van der Waals surface area contributed by atoms with Crippen LogP contribution in [0.5, 0.6) is 0 Å². The number of imide groups is 1. The van der Waals surface area contributed by atoms with Crippen LogP contribution in [0.15, 0.2) is 22.4 Å². The standard InChI is InChI=1S/C15H16N2O5S3/c1-16(10-4-6-25(21,22)9-10)13(18)8-17-14(19)12(24-15(17)20)7-11-3-2-5-23-11/h2-3,5,7,10H,4,6,8-9H2,1H3. The zero-order chi connectivity index (χ0) is 18.2. The van der Waals surface area contributed by atoms with Gasteiger partial charge in [-0.25, -0.2) is 8.42 Å². The monoisotopic (exact) mass is 400 g/mol. The van der Waals surface area contributed by atoms with Crippen molar-refractivity contribution in [1.82, 2.24) is 9.80 Å². The highest BCUT2D eigenvalue weighted by Crippen LogP contribution is 2.33. The van der Waals surface area contributed by atoms with Gasteiger partial charge in [0.25, 0.3) is 11.1 Å². The van der Waals surface area contributed by atoms with Crippen molar-refractivity contribution in [2.24, 2.45) is 0 Å². The van der Waals surface area contributed by atoms with Crippen LogP contribution >= 0.6 is 23.1 Å². The van der Waals surface area contributed by atoms with E-state index in [2.05, 4.69) is 0 Å². The molecule has 25 heavy (non-hydrogen) atoms. The van der Waals surface area contributed by atoms with Gasteiger partial charge in [0.2, 0.25) is 5.91 Å². The Hall–Kier alpha value is -1.65. The Bertz CT molecular complexity index is 845. The highest BCUT2D eigenvalue weighted by Gasteiger charge is 2.39. The molecule has 0 bridgehead atoms. The van der Waals surface area contributed by atoms with E-state index < -0.39 is 32.9 Å². The van der Waals surface area contributed by atoms with Crippen molar-refractivity contribution >= 4 is 56.1 Å². The molecule has 2 aliphatic heterocycles. The lowest BCUT2D eigenvalue weighted by Gasteiger charge is -2.25. The molecule has 1 unspecified atom stereocenters. The molecule has 2 saturated heterocycles. The largest absolute Gasteiger partial charge is 0.340 e. The van der Waals surface area contributed by atoms with Crippen molar-refractivity contribution in [2.75, 3.05) is 25.1 Å². The number of thiophene rings is 1. The number of nitrogens with zero attached hydrogens (tertiary/aromatic N) is 2. The fourth-order valence-electron chi connectivity index (χ4n) is 2.67. The van der Waals surface area contributed by atoms with Crippen molar-refractivity contribution in [1.29, 1.82) is 0 Å². The molecule has 3 rings (SSSR count). The van der Waals surface area contributed by atoms with Crippen molar-refractivity contribution in [3.8, 4) is 0 Å². The van der Waals surface area contributed by atoms with Crippen LogP contribution in [0.1, 0.15) is 11.3 Å². The first-order valence-corrected chi connectivity index (χ1v) is 11.0. The van der Waals surface area contributed by atoms with Crippen LogP contribution in [-0.2, 0) is 19.4 Å². The second-order valence-electron chi connectivity index (χ2n) is 5.84. The molecule has 1 aromatic heterocycles. The summed E-state index contributed by atoms with van der Waals surface area (Å²) in [5, 5.41) is 1.37. The Balaban J connectivity index is 1.67. The van der Waals surface area contributed by atoms with Crippen LogP contribution in [0.4, 0.5) is 4.79 Å². The van der Waals surface area contributed by atoms with Gasteiger partial charge in [-0.1, -0.05) is 6.07 Å². The Morgan fingerprint density at radius 2 is 2.20 bits per heavy atom. The second kappa shape index (κ2) is 6.93. The molecule has 3 heterocycles. The summed E-state index contributed by atoms with van der Waals surface area (Å²) < 4.78 is 23.1. The maximum atomic E-state index is 12.4. The predicted octanol–water partition coefficient (Wildman–Crippen LogP) is 1.43. The minimum atomic E-state index is -3.11. The van der Waals surface area contributed by atoms with Gasteiger partial charge in [0.05, 0.1) is 16.4 Å². The SMILES string of the molecule is CN(C(=O)CN1C(=O)SC(=Cc2cccs2)C1=O)C1CCS(=O)(=O)C1. The van der Waals surface area contributed by atoms with E-state index in [1.807, 2.05) is 17.5 Å². The van der Waals surface area contributed by atoms with Crippen molar-refractivity contribution in [2.45, 2.75) is 12.5 Å². The normalized spacial score (nSPS) is 24.3. The first-order valence-electron chi connectivity index (χ1n) is 7.52. The van der Waals surface area contributed by atoms with Crippen LogP contribution in [-0.4, -0.2) is 66.4 Å². The maximum Gasteiger partial charge on any atom is 0.294 e. The zero-order valence-electron chi connectivity index (χ0n) is 13.4. The molecule has 10 heteroatoms. The summed E-state index contributed by atoms with van der Waals surface area (Å²) in [6, 6.07) is 3.27. The molecular weight excluding hydrogens is 384 g/mol. The summed E-state index contributed by atoms with van der Waals surface area (Å²) in [4.78, 5) is 40.2. The summed E-state index contributed by atoms with van der Waals surface area (Å²) in [5.74, 6) is -0.957. The minimum absolute atomic E-state index is 0.0560. The van der Waals surface area contributed by atoms with Gasteiger partial charge in [-0.2, -0.15) is 0 Å². The zero-order valence-corrected chi connectivity index (χ0v) is 15.8. The number of likely N-dealkylation sites (N-methyl/N-ethyl adjacent to an activating group) is 1. The number of carbonyl (C=O) groups excluding carboxylic acids is 3. The van der Waals surface area contributed by atoms with E-state index in [4.69, 9.17) is 0 Å². The highest BCUT2D eigenvalue weighted by molar-refractivity contribution is 8.18. The van der Waals surface area contributed by atoms with E-state index in [0.29, 0.717) is 6.42 Å². The van der Waals surface area contributed by atoms with Crippen LogP contribution in [0.2, 0.25) is 0 Å². The number of hydrogen-bond acceptors (Lipinski definition) is 7. The third-order valence-electron chi connectivity index (χ3n) is 4.13. The summed E-state index contributed by atoms with van der Waals surface area (Å²) in [6.07, 6.45) is 2.01. The van der Waals surface area contributed by atoms with Crippen molar-refractivity contribution in [3.63, 3.8) is 0 Å². The second-order valence-corrected chi connectivity index (χ2v) is 10.0. The van der Waals surface area contributed by atoms with Gasteiger partial charge in [0.15, 0.2) is 9.84 Å². The van der Waals surface area contributed by atoms with E-state index >= 15 is 0 Å². The fourth-order valence-corrected chi connectivity index (χ4v) is 6.01. The van der Waals surface area contributed by atoms with Crippen LogP contribution in [0, 0.1) is 0 Å². The maximum absolute atomic E-state index is 12.4. The van der Waals surface area contributed by atoms with Crippen LogP contribution in [0.25, 0.3) is 6.08 Å². The van der Waals surface area contributed by atoms with E-state index in [-0.39, 0.29) is 23.0 Å². The molecule has 0 aliphatic carbocycles. The van der Waals surface area contributed by atoms with E-state index in [1.54, 1.807) is 6.08 Å². The molecule has 2 fully saturated rings. The smallest absolute Gasteiger partial charge is 0.294 e. The van der Waals surface area contributed by atoms with Crippen LogP contribution < -0.4 is 0 Å². The molecule has 0 N–H and O–H groups in total. The Morgan fingerprint density at radius 1 is 1.44 bits per heavy atom. The Kier molecular flexibility index (Phi) is 5.03. The van der Waals surface area contributed by atoms with Crippen molar-refractivity contribution < 1.29 is 22.8 Å². The van der Waals surface area contributed by atoms with E-state index in [0.717, 1.165) is 21.5 Å². The summed E-state index contributed by atoms with van der Waals surface area (Å²) in [6.45, 7) is -0.376. The molecule has 1 aromatic rings. The topological polar surface area (TPSA) is 91.8 Å². The molecule has 0 spiro atoms. The molecule has 1 atom stereocenters. The molecule has 0 radical (unpaired) electrons. The van der Waals surface area contributed by atoms with Crippen molar-refractivity contribution in [3.05, 3.63) is 27.3 Å². The molecule has 3 amide bonds. The summed E-state index contributed by atoms with van der Waals surface area (Å²) in [7, 11) is -1.61. The lowest BCUT2D eigenvalue weighted by Crippen LogP contribution is -2.45. The average Bonchev–Trinajstić information content (AvgIpc) is 3.24. The fraction of sp³-hybridized carbons (Fsp3) is 0.400. The lowest BCUT2D eigenvalue weighted by molar-refractivity contribution is -0.136. The number of rotatable bonds is 4. The Labute approximate surface area is 153 Å². The van der Waals surface area contributed by atoms with Crippen LogP contribution in [0.3, 0.4) is 0 Å². The van der Waals surface area contributed by atoms with Gasteiger partial charge < -0.3 is 4.90 Å². The van der Waals surface area contributed by atoms with Gasteiger partial charge >= 0.3 is 0 Å². The van der Waals surface area contributed by atoms with E-state index in [9.17, 15) is 22.8 Å². The third kappa shape index (κ3) is 3.96. The number of amides is 3. The molecule has 0 aromatic carbocycles. The van der Waals surface area contributed by atoms with Gasteiger partial charge in [0, 0.05) is 18.0 Å². The van der Waals surface area contributed by atoms with E-state index in [1.165, 1.54) is 23.3 Å². The number of hydrogen-bond donors (Lipinski definition) is 0. The quantitative estimate of drug-likeness (QED) is 0.710. The number of thioether (sulfide) groups is 1. The minimum Gasteiger partial charge on any atom is -0.340 e. The highest BCUT2D eigenvalue weighted by atomic mass is 32.2. The summed E-state index contributed by atoms with van der Waals surface area (Å²) >= 11 is 2.25. The average molecular weight is 401 g/mol. The Morgan fingerprint density at radius 3 is 2.80 bits per heavy atom. The number of carbonyl (C=O) groups is 3. The predicted molar refractivity (Wildman–Crippen MR) is 96.8 cm³/mol. The molecular formula is C15H16N2O5S3. The number of sulfone groups is 1. The molecule has 2 aliphatic rings. The first kappa shape index (κ1) is 18.2. The van der Waals surface area contributed by atoms with Gasteiger partial charge in [0.1, 0.15) is 6.54 Å². The van der Waals surface area contributed by atoms with Gasteiger partial charge in [-0.3, -0.25) is 19.3 Å². The molecule has 0 saturated carbocycles. The lowest BCUT2D eigenvalue weighted by atomic mass is 10.2. The first-order chi connectivity index (χ1) is 11.8. The van der Waals surface area contributed by atoms with Gasteiger partial charge in [-0.05, 0) is 35.7 Å². The molecule has 134 valence electrons.